The number of amides is 1. The van der Waals surface area contributed by atoms with E-state index >= 15 is 0 Å². The van der Waals surface area contributed by atoms with Crippen molar-refractivity contribution in [1.82, 2.24) is 5.32 Å². The van der Waals surface area contributed by atoms with E-state index in [9.17, 15) is 9.59 Å². The van der Waals surface area contributed by atoms with Gasteiger partial charge < -0.3 is 24.3 Å². The number of carbonyl (C=O) groups excluding carboxylic acids is 2. The molecule has 0 aromatic heterocycles. The number of esters is 1. The zero-order valence-electron chi connectivity index (χ0n) is 16.6. The summed E-state index contributed by atoms with van der Waals surface area (Å²) in [4.78, 5) is 25.8. The molecule has 1 aromatic carbocycles. The number of rotatable bonds is 2. The van der Waals surface area contributed by atoms with Gasteiger partial charge in [0.1, 0.15) is 17.0 Å². The molecule has 154 valence electrons. The average Bonchev–Trinajstić information content (AvgIpc) is 2.60. The number of fused-ring (bicyclic) bond motifs is 1. The summed E-state index contributed by atoms with van der Waals surface area (Å²) in [5.74, 6) is -0.0626. The minimum absolute atomic E-state index is 0.190. The third kappa shape index (κ3) is 4.12. The van der Waals surface area contributed by atoms with Crippen LogP contribution in [0.1, 0.15) is 45.6 Å². The highest BCUT2D eigenvalue weighted by Gasteiger charge is 2.56. The zero-order chi connectivity index (χ0) is 20.6. The fourth-order valence-corrected chi connectivity index (χ4v) is 4.18. The Hall–Kier alpha value is -1.80. The molecule has 2 unspecified atom stereocenters. The van der Waals surface area contributed by atoms with Gasteiger partial charge in [-0.2, -0.15) is 0 Å². The van der Waals surface area contributed by atoms with Crippen molar-refractivity contribution in [1.29, 1.82) is 0 Å². The van der Waals surface area contributed by atoms with Gasteiger partial charge in [0.05, 0.1) is 13.7 Å². The maximum atomic E-state index is 13.1. The van der Waals surface area contributed by atoms with E-state index in [4.69, 9.17) is 18.9 Å². The lowest BCUT2D eigenvalue weighted by atomic mass is 9.74. The van der Waals surface area contributed by atoms with E-state index < -0.39 is 28.8 Å². The maximum Gasteiger partial charge on any atom is 0.408 e. The lowest BCUT2D eigenvalue weighted by molar-refractivity contribution is -0.158. The van der Waals surface area contributed by atoms with E-state index in [-0.39, 0.29) is 6.42 Å². The molecule has 1 amide bonds. The molecule has 2 atom stereocenters. The lowest BCUT2D eigenvalue weighted by Gasteiger charge is -2.48. The molecule has 1 aromatic rings. The van der Waals surface area contributed by atoms with Gasteiger partial charge in [0.2, 0.25) is 0 Å². The molecule has 1 spiro atoms. The number of ether oxygens (including phenoxy) is 4. The van der Waals surface area contributed by atoms with Gasteiger partial charge in [-0.15, -0.1) is 0 Å². The Morgan fingerprint density at radius 3 is 2.64 bits per heavy atom. The van der Waals surface area contributed by atoms with Crippen LogP contribution in [-0.4, -0.2) is 43.6 Å². The quantitative estimate of drug-likeness (QED) is 0.684. The van der Waals surface area contributed by atoms with Crippen LogP contribution >= 0.6 is 15.9 Å². The SMILES string of the molecule is COC(=O)C1(NC(=O)OC(C)(C)C)CC2(CCCOC2)Oc2ccc(Br)cc21. The van der Waals surface area contributed by atoms with Gasteiger partial charge in [-0.3, -0.25) is 0 Å². The van der Waals surface area contributed by atoms with Crippen LogP contribution < -0.4 is 10.1 Å². The van der Waals surface area contributed by atoms with Crippen LogP contribution in [0.2, 0.25) is 0 Å². The molecule has 8 heteroatoms. The molecule has 1 saturated heterocycles. The number of halogens is 1. The molecule has 2 aliphatic rings. The molecule has 2 aliphatic heterocycles. The minimum atomic E-state index is -1.45. The third-order valence-electron chi connectivity index (χ3n) is 4.85. The Kier molecular flexibility index (Phi) is 5.64. The molecule has 0 aliphatic carbocycles. The van der Waals surface area contributed by atoms with Gasteiger partial charge >= 0.3 is 12.1 Å². The van der Waals surface area contributed by atoms with Crippen molar-refractivity contribution in [2.24, 2.45) is 0 Å². The predicted molar refractivity (Wildman–Crippen MR) is 105 cm³/mol. The van der Waals surface area contributed by atoms with Crippen molar-refractivity contribution in [3.05, 3.63) is 28.2 Å². The molecule has 3 rings (SSSR count). The Morgan fingerprint density at radius 1 is 1.29 bits per heavy atom. The van der Waals surface area contributed by atoms with Crippen molar-refractivity contribution < 1.29 is 28.5 Å². The van der Waals surface area contributed by atoms with Gasteiger partial charge in [-0.1, -0.05) is 15.9 Å². The van der Waals surface area contributed by atoms with Crippen molar-refractivity contribution in [2.45, 2.75) is 56.8 Å². The first-order chi connectivity index (χ1) is 13.1. The predicted octanol–water partition coefficient (Wildman–Crippen LogP) is 3.67. The van der Waals surface area contributed by atoms with Crippen molar-refractivity contribution >= 4 is 28.0 Å². The number of nitrogens with one attached hydrogen (secondary N) is 1. The Morgan fingerprint density at radius 2 is 2.04 bits per heavy atom. The van der Waals surface area contributed by atoms with Gasteiger partial charge in [-0.25, -0.2) is 9.59 Å². The first kappa shape index (κ1) is 20.9. The average molecular weight is 456 g/mol. The van der Waals surface area contributed by atoms with E-state index in [0.29, 0.717) is 30.9 Å². The van der Waals surface area contributed by atoms with Crippen LogP contribution in [0.5, 0.6) is 5.75 Å². The fourth-order valence-electron chi connectivity index (χ4n) is 3.82. The monoisotopic (exact) mass is 455 g/mol. The second-order valence-electron chi connectivity index (χ2n) is 8.28. The Labute approximate surface area is 173 Å². The fraction of sp³-hybridized carbons (Fsp3) is 0.600. The van der Waals surface area contributed by atoms with E-state index in [0.717, 1.165) is 10.9 Å². The highest BCUT2D eigenvalue weighted by molar-refractivity contribution is 9.10. The Bertz CT molecular complexity index is 768. The molecule has 0 bridgehead atoms. The van der Waals surface area contributed by atoms with Gasteiger partial charge in [-0.05, 0) is 51.8 Å². The number of carbonyl (C=O) groups is 2. The first-order valence-corrected chi connectivity index (χ1v) is 10.0. The number of hydrogen-bond acceptors (Lipinski definition) is 6. The van der Waals surface area contributed by atoms with Crippen LogP contribution in [0, 0.1) is 0 Å². The van der Waals surface area contributed by atoms with Crippen LogP contribution in [0.4, 0.5) is 4.79 Å². The van der Waals surface area contributed by atoms with Crippen molar-refractivity contribution in [3.8, 4) is 5.75 Å². The summed E-state index contributed by atoms with van der Waals surface area (Å²) in [6.45, 7) is 6.27. The number of alkyl carbamates (subject to hydrolysis) is 1. The summed E-state index contributed by atoms with van der Waals surface area (Å²) in [7, 11) is 1.30. The first-order valence-electron chi connectivity index (χ1n) is 9.26. The zero-order valence-corrected chi connectivity index (χ0v) is 18.2. The smallest absolute Gasteiger partial charge is 0.408 e. The largest absolute Gasteiger partial charge is 0.484 e. The summed E-state index contributed by atoms with van der Waals surface area (Å²) >= 11 is 3.44. The topological polar surface area (TPSA) is 83.1 Å². The summed E-state index contributed by atoms with van der Waals surface area (Å²) in [5, 5.41) is 2.80. The highest BCUT2D eigenvalue weighted by Crippen LogP contribution is 2.48. The molecule has 0 saturated carbocycles. The molecule has 28 heavy (non-hydrogen) atoms. The summed E-state index contributed by atoms with van der Waals surface area (Å²) < 4.78 is 23.3. The normalized spacial score (nSPS) is 26.8. The van der Waals surface area contributed by atoms with Crippen LogP contribution in [0.3, 0.4) is 0 Å². The van der Waals surface area contributed by atoms with E-state index in [1.54, 1.807) is 32.9 Å². The van der Waals surface area contributed by atoms with Crippen LogP contribution in [0.25, 0.3) is 0 Å². The number of methoxy groups -OCH3 is 1. The number of benzene rings is 1. The van der Waals surface area contributed by atoms with Crippen molar-refractivity contribution in [3.63, 3.8) is 0 Å². The molecular weight excluding hydrogens is 430 g/mol. The van der Waals surface area contributed by atoms with Crippen molar-refractivity contribution in [2.75, 3.05) is 20.3 Å². The van der Waals surface area contributed by atoms with E-state index in [1.165, 1.54) is 7.11 Å². The highest BCUT2D eigenvalue weighted by atomic mass is 79.9. The van der Waals surface area contributed by atoms with Crippen LogP contribution in [0.15, 0.2) is 22.7 Å². The van der Waals surface area contributed by atoms with Gasteiger partial charge in [0.25, 0.3) is 0 Å². The number of hydrogen-bond donors (Lipinski definition) is 1. The standard InChI is InChI=1S/C20H26BrNO6/c1-18(2,3)28-17(24)22-20(16(23)25-4)11-19(8-5-9-26-12-19)27-15-7-6-13(21)10-14(15)20/h6-7,10H,5,8-9,11-12H2,1-4H3,(H,22,24). The second kappa shape index (κ2) is 7.55. The molecule has 2 heterocycles. The molecule has 1 N–H and O–H groups in total. The minimum Gasteiger partial charge on any atom is -0.484 e. The van der Waals surface area contributed by atoms with E-state index in [1.807, 2.05) is 6.07 Å². The molecule has 0 radical (unpaired) electrons. The summed E-state index contributed by atoms with van der Waals surface area (Å²) in [5.41, 5.74) is -2.37. The lowest BCUT2D eigenvalue weighted by Crippen LogP contribution is -2.62. The van der Waals surface area contributed by atoms with E-state index in [2.05, 4.69) is 21.2 Å². The third-order valence-corrected chi connectivity index (χ3v) is 5.34. The van der Waals surface area contributed by atoms with Crippen LogP contribution in [-0.2, 0) is 24.5 Å². The Balaban J connectivity index is 2.10. The summed E-state index contributed by atoms with van der Waals surface area (Å²) in [6.07, 6.45) is 1.000. The second-order valence-corrected chi connectivity index (χ2v) is 9.20. The molecular formula is C20H26BrNO6. The van der Waals surface area contributed by atoms with Gasteiger partial charge in [0.15, 0.2) is 5.54 Å². The summed E-state index contributed by atoms with van der Waals surface area (Å²) in [6, 6.07) is 5.38. The molecule has 7 nitrogen and oxygen atoms in total. The molecule has 1 fully saturated rings. The maximum absolute atomic E-state index is 13.1. The van der Waals surface area contributed by atoms with Gasteiger partial charge in [0, 0.05) is 23.1 Å².